The van der Waals surface area contributed by atoms with E-state index < -0.39 is 5.91 Å². The molecule has 0 aromatic carbocycles. The highest BCUT2D eigenvalue weighted by molar-refractivity contribution is 9.10. The average Bonchev–Trinajstić information content (AvgIpc) is 2.31. The molecular formula is C14H14BrN3O2. The maximum Gasteiger partial charge on any atom is 0.261 e. The second-order valence-electron chi connectivity index (χ2n) is 4.62. The molecule has 6 heteroatoms. The molecule has 0 bridgehead atoms. The van der Waals surface area contributed by atoms with Crippen LogP contribution in [-0.4, -0.2) is 15.9 Å². The van der Waals surface area contributed by atoms with Crippen LogP contribution in [0.2, 0.25) is 0 Å². The molecule has 1 amide bonds. The average molecular weight is 336 g/mol. The Kier molecular flexibility index (Phi) is 4.04. The summed E-state index contributed by atoms with van der Waals surface area (Å²) >= 11 is 3.26. The Balaban J connectivity index is 2.36. The van der Waals surface area contributed by atoms with E-state index in [2.05, 4.69) is 31.2 Å². The Hall–Kier alpha value is -1.95. The second kappa shape index (κ2) is 5.58. The number of carbonyl (C=O) groups is 1. The van der Waals surface area contributed by atoms with Gasteiger partial charge < -0.3 is 10.3 Å². The van der Waals surface area contributed by atoms with E-state index in [1.54, 1.807) is 32.2 Å². The van der Waals surface area contributed by atoms with Crippen molar-refractivity contribution < 1.29 is 4.79 Å². The number of aromatic nitrogens is 2. The zero-order valence-electron chi connectivity index (χ0n) is 11.4. The van der Waals surface area contributed by atoms with Gasteiger partial charge >= 0.3 is 0 Å². The van der Waals surface area contributed by atoms with Crippen molar-refractivity contribution in [2.24, 2.45) is 0 Å². The molecule has 0 spiro atoms. The fourth-order valence-corrected chi connectivity index (χ4v) is 2.42. The summed E-state index contributed by atoms with van der Waals surface area (Å²) in [5.41, 5.74) is 2.55. The third kappa shape index (κ3) is 2.96. The summed E-state index contributed by atoms with van der Waals surface area (Å²) in [5.74, 6) is -0.434. The van der Waals surface area contributed by atoms with Gasteiger partial charge in [-0.2, -0.15) is 0 Å². The van der Waals surface area contributed by atoms with Gasteiger partial charge in [0.05, 0.1) is 11.9 Å². The molecule has 0 saturated carbocycles. The van der Waals surface area contributed by atoms with E-state index in [0.29, 0.717) is 15.9 Å². The highest BCUT2D eigenvalue weighted by atomic mass is 79.9. The summed E-state index contributed by atoms with van der Waals surface area (Å²) in [4.78, 5) is 30.8. The van der Waals surface area contributed by atoms with Crippen LogP contribution in [0.3, 0.4) is 0 Å². The van der Waals surface area contributed by atoms with Crippen molar-refractivity contribution in [3.8, 4) is 0 Å². The van der Waals surface area contributed by atoms with E-state index in [0.717, 1.165) is 11.3 Å². The molecule has 2 rings (SSSR count). The number of hydrogen-bond acceptors (Lipinski definition) is 3. The van der Waals surface area contributed by atoms with Crippen molar-refractivity contribution in [2.75, 3.05) is 5.32 Å². The van der Waals surface area contributed by atoms with Crippen LogP contribution in [0.15, 0.2) is 27.7 Å². The molecule has 0 atom stereocenters. The molecular weight excluding hydrogens is 322 g/mol. The Morgan fingerprint density at radius 3 is 2.55 bits per heavy atom. The molecule has 104 valence electrons. The number of H-pyrrole nitrogens is 1. The van der Waals surface area contributed by atoms with Crippen molar-refractivity contribution in [3.63, 3.8) is 0 Å². The number of amides is 1. The molecule has 0 fully saturated rings. The third-order valence-corrected chi connectivity index (χ3v) is 3.35. The van der Waals surface area contributed by atoms with Gasteiger partial charge in [-0.25, -0.2) is 4.98 Å². The number of aryl methyl sites for hydroxylation is 3. The number of carbonyl (C=O) groups excluding carboxylic acids is 1. The quantitative estimate of drug-likeness (QED) is 0.828. The lowest BCUT2D eigenvalue weighted by Gasteiger charge is -2.09. The molecule has 0 aliphatic carbocycles. The summed E-state index contributed by atoms with van der Waals surface area (Å²) in [6.45, 7) is 5.37. The van der Waals surface area contributed by atoms with E-state index in [-0.39, 0.29) is 11.1 Å². The zero-order valence-corrected chi connectivity index (χ0v) is 13.0. The van der Waals surface area contributed by atoms with Crippen molar-refractivity contribution in [3.05, 3.63) is 55.7 Å². The van der Waals surface area contributed by atoms with Crippen LogP contribution in [0.4, 0.5) is 5.69 Å². The van der Waals surface area contributed by atoms with Crippen LogP contribution in [0.1, 0.15) is 27.2 Å². The summed E-state index contributed by atoms with van der Waals surface area (Å²) < 4.78 is 0.692. The fourth-order valence-electron chi connectivity index (χ4n) is 1.97. The number of rotatable bonds is 2. The minimum absolute atomic E-state index is 0.123. The second-order valence-corrected chi connectivity index (χ2v) is 5.43. The molecule has 0 radical (unpaired) electrons. The van der Waals surface area contributed by atoms with E-state index >= 15 is 0 Å². The molecule has 0 saturated heterocycles. The Bertz CT molecular complexity index is 738. The SMILES string of the molecule is Cc1cc(C)c(C(=O)Nc2cnc(Br)cc2C)c(=O)[nH]1. The first-order valence-corrected chi connectivity index (χ1v) is 6.82. The molecule has 2 aromatic heterocycles. The zero-order chi connectivity index (χ0) is 14.9. The monoisotopic (exact) mass is 335 g/mol. The number of nitrogens with zero attached hydrogens (tertiary/aromatic N) is 1. The van der Waals surface area contributed by atoms with Gasteiger partial charge in [-0.3, -0.25) is 9.59 Å². The molecule has 2 aromatic rings. The van der Waals surface area contributed by atoms with Gasteiger partial charge in [0.2, 0.25) is 0 Å². The van der Waals surface area contributed by atoms with Gasteiger partial charge in [0.25, 0.3) is 11.5 Å². The maximum absolute atomic E-state index is 12.2. The minimum Gasteiger partial charge on any atom is -0.326 e. The maximum atomic E-state index is 12.2. The summed E-state index contributed by atoms with van der Waals surface area (Å²) in [6, 6.07) is 3.56. The predicted octanol–water partition coefficient (Wildman–Crippen LogP) is 2.71. The van der Waals surface area contributed by atoms with E-state index in [1.165, 1.54) is 0 Å². The van der Waals surface area contributed by atoms with Gasteiger partial charge in [-0.1, -0.05) is 0 Å². The molecule has 0 aliphatic heterocycles. The number of hydrogen-bond donors (Lipinski definition) is 2. The van der Waals surface area contributed by atoms with Crippen molar-refractivity contribution in [1.82, 2.24) is 9.97 Å². The molecule has 5 nitrogen and oxygen atoms in total. The minimum atomic E-state index is -0.434. The Labute approximate surface area is 124 Å². The molecule has 2 heterocycles. The van der Waals surface area contributed by atoms with Crippen molar-refractivity contribution in [2.45, 2.75) is 20.8 Å². The predicted molar refractivity (Wildman–Crippen MR) is 81.2 cm³/mol. The standard InChI is InChI=1S/C14H14BrN3O2/c1-7-5-11(15)16-6-10(7)18-14(20)12-8(2)4-9(3)17-13(12)19/h4-6H,1-3H3,(H,17,19)(H,18,20). The lowest BCUT2D eigenvalue weighted by Crippen LogP contribution is -2.25. The molecule has 2 N–H and O–H groups in total. The van der Waals surface area contributed by atoms with Crippen LogP contribution < -0.4 is 10.9 Å². The number of aromatic amines is 1. The fraction of sp³-hybridized carbons (Fsp3) is 0.214. The van der Waals surface area contributed by atoms with E-state index in [9.17, 15) is 9.59 Å². The summed E-state index contributed by atoms with van der Waals surface area (Å²) in [6.07, 6.45) is 1.55. The molecule has 20 heavy (non-hydrogen) atoms. The topological polar surface area (TPSA) is 74.8 Å². The number of nitrogens with one attached hydrogen (secondary N) is 2. The van der Waals surface area contributed by atoms with Crippen molar-refractivity contribution in [1.29, 1.82) is 0 Å². The Morgan fingerprint density at radius 1 is 1.25 bits per heavy atom. The third-order valence-electron chi connectivity index (χ3n) is 2.92. The largest absolute Gasteiger partial charge is 0.326 e. The first-order chi connectivity index (χ1) is 9.38. The smallest absolute Gasteiger partial charge is 0.261 e. The van der Waals surface area contributed by atoms with Gasteiger partial charge in [0, 0.05) is 5.69 Å². The lowest BCUT2D eigenvalue weighted by atomic mass is 10.1. The number of anilines is 1. The Morgan fingerprint density at radius 2 is 1.95 bits per heavy atom. The van der Waals surface area contributed by atoms with Crippen LogP contribution in [0, 0.1) is 20.8 Å². The van der Waals surface area contributed by atoms with Crippen molar-refractivity contribution >= 4 is 27.5 Å². The van der Waals surface area contributed by atoms with Gasteiger partial charge in [0.15, 0.2) is 0 Å². The lowest BCUT2D eigenvalue weighted by molar-refractivity contribution is 0.102. The van der Waals surface area contributed by atoms with Gasteiger partial charge in [-0.05, 0) is 60.0 Å². The van der Waals surface area contributed by atoms with Gasteiger partial charge in [0.1, 0.15) is 10.2 Å². The van der Waals surface area contributed by atoms with E-state index in [4.69, 9.17) is 0 Å². The first-order valence-electron chi connectivity index (χ1n) is 6.02. The van der Waals surface area contributed by atoms with Crippen LogP contribution in [0.25, 0.3) is 0 Å². The number of pyridine rings is 2. The highest BCUT2D eigenvalue weighted by Crippen LogP contribution is 2.18. The first kappa shape index (κ1) is 14.5. The normalized spacial score (nSPS) is 10.4. The van der Waals surface area contributed by atoms with Gasteiger partial charge in [-0.15, -0.1) is 0 Å². The van der Waals surface area contributed by atoms with E-state index in [1.807, 2.05) is 6.92 Å². The molecule has 0 aliphatic rings. The van der Waals surface area contributed by atoms with Crippen LogP contribution in [0.5, 0.6) is 0 Å². The molecule has 0 unspecified atom stereocenters. The summed E-state index contributed by atoms with van der Waals surface area (Å²) in [5, 5.41) is 2.71. The number of halogens is 1. The van der Waals surface area contributed by atoms with Crippen LogP contribution in [-0.2, 0) is 0 Å². The summed E-state index contributed by atoms with van der Waals surface area (Å²) in [7, 11) is 0. The van der Waals surface area contributed by atoms with Crippen LogP contribution >= 0.6 is 15.9 Å². The highest BCUT2D eigenvalue weighted by Gasteiger charge is 2.15.